The fourth-order valence-electron chi connectivity index (χ4n) is 2.46. The Balaban J connectivity index is 1.99. The monoisotopic (exact) mass is 247 g/mol. The van der Waals surface area contributed by atoms with E-state index in [1.165, 1.54) is 0 Å². The summed E-state index contributed by atoms with van der Waals surface area (Å²) in [5, 5.41) is 0. The SMILES string of the molecule is O=C1O/C(=C2/C=Nc3ccccc32)c2ccccc21. The Bertz CT molecular complexity index is 772. The highest BCUT2D eigenvalue weighted by Crippen LogP contribution is 2.40. The third-order valence-corrected chi connectivity index (χ3v) is 3.36. The van der Waals surface area contributed by atoms with Gasteiger partial charge >= 0.3 is 5.97 Å². The van der Waals surface area contributed by atoms with Gasteiger partial charge in [-0.2, -0.15) is 0 Å². The van der Waals surface area contributed by atoms with Gasteiger partial charge in [0.15, 0.2) is 0 Å². The molecule has 90 valence electrons. The molecule has 0 N–H and O–H groups in total. The maximum absolute atomic E-state index is 11.8. The van der Waals surface area contributed by atoms with Crippen molar-refractivity contribution in [3.05, 3.63) is 65.2 Å². The van der Waals surface area contributed by atoms with Crippen LogP contribution in [0.5, 0.6) is 0 Å². The number of aliphatic imine (C=N–C) groups is 1. The van der Waals surface area contributed by atoms with Gasteiger partial charge < -0.3 is 4.74 Å². The average Bonchev–Trinajstić information content (AvgIpc) is 3.01. The van der Waals surface area contributed by atoms with Crippen molar-refractivity contribution in [1.82, 2.24) is 0 Å². The largest absolute Gasteiger partial charge is 0.422 e. The molecule has 3 heteroatoms. The third kappa shape index (κ3) is 1.38. The molecule has 0 radical (unpaired) electrons. The lowest BCUT2D eigenvalue weighted by Gasteiger charge is -2.03. The van der Waals surface area contributed by atoms with Crippen LogP contribution in [0.2, 0.25) is 0 Å². The van der Waals surface area contributed by atoms with Crippen molar-refractivity contribution in [2.75, 3.05) is 0 Å². The minimum Gasteiger partial charge on any atom is -0.422 e. The number of hydrogen-bond acceptors (Lipinski definition) is 3. The third-order valence-electron chi connectivity index (χ3n) is 3.36. The molecular weight excluding hydrogens is 238 g/mol. The second kappa shape index (κ2) is 3.65. The highest BCUT2D eigenvalue weighted by Gasteiger charge is 2.30. The van der Waals surface area contributed by atoms with Gasteiger partial charge in [-0.05, 0) is 12.1 Å². The fraction of sp³-hybridized carbons (Fsp3) is 0. The van der Waals surface area contributed by atoms with E-state index in [4.69, 9.17) is 4.74 Å². The van der Waals surface area contributed by atoms with E-state index in [1.54, 1.807) is 12.3 Å². The van der Waals surface area contributed by atoms with Gasteiger partial charge in [-0.1, -0.05) is 36.4 Å². The fourth-order valence-corrected chi connectivity index (χ4v) is 2.46. The lowest BCUT2D eigenvalue weighted by molar-refractivity contribution is 0.0717. The zero-order valence-electron chi connectivity index (χ0n) is 9.96. The Morgan fingerprint density at radius 3 is 2.37 bits per heavy atom. The maximum Gasteiger partial charge on any atom is 0.344 e. The number of carbonyl (C=O) groups is 1. The Labute approximate surface area is 109 Å². The number of allylic oxidation sites excluding steroid dienone is 1. The van der Waals surface area contributed by atoms with Gasteiger partial charge in [0, 0.05) is 22.9 Å². The quantitative estimate of drug-likeness (QED) is 0.669. The van der Waals surface area contributed by atoms with Crippen LogP contribution in [0.15, 0.2) is 53.5 Å². The van der Waals surface area contributed by atoms with Crippen molar-refractivity contribution in [2.24, 2.45) is 4.99 Å². The lowest BCUT2D eigenvalue weighted by atomic mass is 10.0. The van der Waals surface area contributed by atoms with E-state index in [-0.39, 0.29) is 5.97 Å². The number of carbonyl (C=O) groups excluding carboxylic acids is 1. The summed E-state index contributed by atoms with van der Waals surface area (Å²) in [7, 11) is 0. The van der Waals surface area contributed by atoms with Gasteiger partial charge in [-0.3, -0.25) is 4.99 Å². The first kappa shape index (κ1) is 10.3. The lowest BCUT2D eigenvalue weighted by Crippen LogP contribution is -1.93. The Hall–Kier alpha value is -2.68. The summed E-state index contributed by atoms with van der Waals surface area (Å²) in [6.45, 7) is 0. The van der Waals surface area contributed by atoms with Crippen molar-refractivity contribution in [3.63, 3.8) is 0 Å². The number of fused-ring (bicyclic) bond motifs is 2. The molecule has 2 aliphatic heterocycles. The number of cyclic esters (lactones) is 1. The van der Waals surface area contributed by atoms with Gasteiger partial charge in [0.1, 0.15) is 5.76 Å². The van der Waals surface area contributed by atoms with Crippen LogP contribution in [0.1, 0.15) is 21.5 Å². The molecule has 2 heterocycles. The minimum absolute atomic E-state index is 0.295. The highest BCUT2D eigenvalue weighted by atomic mass is 16.5. The molecule has 0 aromatic heterocycles. The molecule has 0 unspecified atom stereocenters. The molecule has 0 saturated carbocycles. The first-order valence-corrected chi connectivity index (χ1v) is 6.04. The van der Waals surface area contributed by atoms with Crippen molar-refractivity contribution < 1.29 is 9.53 Å². The van der Waals surface area contributed by atoms with Crippen molar-refractivity contribution in [1.29, 1.82) is 0 Å². The summed E-state index contributed by atoms with van der Waals surface area (Å²) in [5.41, 5.74) is 4.23. The van der Waals surface area contributed by atoms with Crippen LogP contribution in [0, 0.1) is 0 Å². The summed E-state index contributed by atoms with van der Waals surface area (Å²) in [5.74, 6) is 0.310. The topological polar surface area (TPSA) is 38.7 Å². The van der Waals surface area contributed by atoms with Crippen LogP contribution >= 0.6 is 0 Å². The van der Waals surface area contributed by atoms with Crippen LogP contribution in [0.4, 0.5) is 5.69 Å². The standard InChI is InChI=1S/C16H9NO2/c18-16-12-7-2-1-6-11(12)15(19-16)13-9-17-14-8-4-3-5-10(13)14/h1-9H/b15-13-. The number of rotatable bonds is 0. The zero-order chi connectivity index (χ0) is 12.8. The van der Waals surface area contributed by atoms with Crippen LogP contribution in [0.3, 0.4) is 0 Å². The number of hydrogen-bond donors (Lipinski definition) is 0. The van der Waals surface area contributed by atoms with E-state index >= 15 is 0 Å². The predicted molar refractivity (Wildman–Crippen MR) is 73.3 cm³/mol. The summed E-state index contributed by atoms with van der Waals surface area (Å²) in [6, 6.07) is 15.3. The molecule has 19 heavy (non-hydrogen) atoms. The molecule has 2 aliphatic rings. The van der Waals surface area contributed by atoms with E-state index < -0.39 is 0 Å². The number of benzene rings is 2. The molecular formula is C16H9NO2. The van der Waals surface area contributed by atoms with Gasteiger partial charge in [0.25, 0.3) is 0 Å². The molecule has 0 fully saturated rings. The predicted octanol–water partition coefficient (Wildman–Crippen LogP) is 3.44. The summed E-state index contributed by atoms with van der Waals surface area (Å²) < 4.78 is 5.42. The number of esters is 1. The molecule has 2 aromatic rings. The van der Waals surface area contributed by atoms with Crippen LogP contribution in [-0.4, -0.2) is 12.2 Å². The van der Waals surface area contributed by atoms with Crippen molar-refractivity contribution in [3.8, 4) is 0 Å². The van der Waals surface area contributed by atoms with E-state index in [9.17, 15) is 4.79 Å². The summed E-state index contributed by atoms with van der Waals surface area (Å²) >= 11 is 0. The smallest absolute Gasteiger partial charge is 0.344 e. The van der Waals surface area contributed by atoms with Gasteiger partial charge in [-0.25, -0.2) is 4.79 Å². The number of para-hydroxylation sites is 1. The molecule has 2 aromatic carbocycles. The normalized spacial score (nSPS) is 19.3. The molecule has 0 bridgehead atoms. The highest BCUT2D eigenvalue weighted by molar-refractivity contribution is 6.26. The minimum atomic E-state index is -0.295. The average molecular weight is 247 g/mol. The molecule has 4 rings (SSSR count). The molecule has 0 atom stereocenters. The molecule has 0 aliphatic carbocycles. The van der Waals surface area contributed by atoms with E-state index in [0.717, 1.165) is 22.4 Å². The Morgan fingerprint density at radius 1 is 0.842 bits per heavy atom. The van der Waals surface area contributed by atoms with Crippen molar-refractivity contribution >= 4 is 29.2 Å². The Kier molecular flexibility index (Phi) is 1.97. The maximum atomic E-state index is 11.8. The van der Waals surface area contributed by atoms with Crippen LogP contribution < -0.4 is 0 Å². The Morgan fingerprint density at radius 2 is 1.53 bits per heavy atom. The first-order chi connectivity index (χ1) is 9.34. The summed E-state index contributed by atoms with van der Waals surface area (Å²) in [4.78, 5) is 16.2. The van der Waals surface area contributed by atoms with E-state index in [2.05, 4.69) is 4.99 Å². The molecule has 3 nitrogen and oxygen atoms in total. The second-order valence-electron chi connectivity index (χ2n) is 4.45. The summed E-state index contributed by atoms with van der Waals surface area (Å²) in [6.07, 6.45) is 1.76. The van der Waals surface area contributed by atoms with Crippen molar-refractivity contribution in [2.45, 2.75) is 0 Å². The molecule has 0 saturated heterocycles. The van der Waals surface area contributed by atoms with Gasteiger partial charge in [0.05, 0.1) is 11.3 Å². The van der Waals surface area contributed by atoms with E-state index in [0.29, 0.717) is 11.3 Å². The molecule has 0 spiro atoms. The number of ether oxygens (including phenoxy) is 1. The van der Waals surface area contributed by atoms with Crippen LogP contribution in [-0.2, 0) is 4.74 Å². The second-order valence-corrected chi connectivity index (χ2v) is 4.45. The van der Waals surface area contributed by atoms with Gasteiger partial charge in [-0.15, -0.1) is 0 Å². The van der Waals surface area contributed by atoms with Crippen LogP contribution in [0.25, 0.3) is 11.3 Å². The molecule has 0 amide bonds. The van der Waals surface area contributed by atoms with Gasteiger partial charge in [0.2, 0.25) is 0 Å². The number of nitrogens with zero attached hydrogens (tertiary/aromatic N) is 1. The zero-order valence-corrected chi connectivity index (χ0v) is 9.96. The van der Waals surface area contributed by atoms with E-state index in [1.807, 2.05) is 42.5 Å². The first-order valence-electron chi connectivity index (χ1n) is 6.04.